The van der Waals surface area contributed by atoms with Crippen molar-refractivity contribution in [3.63, 3.8) is 0 Å². The third kappa shape index (κ3) is 3.10. The van der Waals surface area contributed by atoms with Crippen molar-refractivity contribution in [1.29, 1.82) is 0 Å². The van der Waals surface area contributed by atoms with Gasteiger partial charge in [0, 0.05) is 17.0 Å². The van der Waals surface area contributed by atoms with Crippen molar-refractivity contribution in [3.05, 3.63) is 71.4 Å². The first-order valence-corrected chi connectivity index (χ1v) is 11.6. The molecule has 30 heavy (non-hydrogen) atoms. The van der Waals surface area contributed by atoms with Gasteiger partial charge in [-0.2, -0.15) is 4.98 Å². The molecule has 2 aromatic carbocycles. The fourth-order valence-electron chi connectivity index (χ4n) is 3.65. The minimum absolute atomic E-state index is 0.166. The smallest absolute Gasteiger partial charge is 0.274 e. The van der Waals surface area contributed by atoms with E-state index in [9.17, 15) is 12.8 Å². The zero-order valence-electron chi connectivity index (χ0n) is 15.8. The number of rotatable bonds is 4. The Morgan fingerprint density at radius 3 is 2.80 bits per heavy atom. The van der Waals surface area contributed by atoms with Crippen LogP contribution in [0.5, 0.6) is 0 Å². The van der Waals surface area contributed by atoms with Crippen LogP contribution in [0.25, 0.3) is 22.8 Å². The van der Waals surface area contributed by atoms with Gasteiger partial charge in [-0.05, 0) is 43.2 Å². The first-order valence-electron chi connectivity index (χ1n) is 9.24. The molecule has 1 atom stereocenters. The van der Waals surface area contributed by atoms with Crippen molar-refractivity contribution in [2.45, 2.75) is 23.6 Å². The van der Waals surface area contributed by atoms with Crippen LogP contribution in [0.3, 0.4) is 0 Å². The molecule has 6 nitrogen and oxygen atoms in total. The molecule has 0 saturated carbocycles. The van der Waals surface area contributed by atoms with Gasteiger partial charge in [0.05, 0.1) is 11.3 Å². The van der Waals surface area contributed by atoms with Gasteiger partial charge in [0.15, 0.2) is 0 Å². The van der Waals surface area contributed by atoms with E-state index < -0.39 is 15.8 Å². The standard InChI is InChI=1S/C21H16FN3O3S2/c1-13-9-14-5-2-3-8-18(14)25(13)30(26,27)19-11-16(12-29-19)21-23-20(24-28-21)15-6-4-7-17(22)10-15/h2-8,10-13H,9H2,1H3/t13-/m0/s1. The molecule has 0 spiro atoms. The highest BCUT2D eigenvalue weighted by molar-refractivity contribution is 7.94. The van der Waals surface area contributed by atoms with Crippen LogP contribution in [-0.2, 0) is 16.4 Å². The summed E-state index contributed by atoms with van der Waals surface area (Å²) in [6.07, 6.45) is 0.675. The lowest BCUT2D eigenvalue weighted by Crippen LogP contribution is -2.35. The Hall–Kier alpha value is -3.04. The molecule has 4 aromatic rings. The van der Waals surface area contributed by atoms with Crippen LogP contribution in [0.1, 0.15) is 12.5 Å². The first kappa shape index (κ1) is 19.0. The summed E-state index contributed by atoms with van der Waals surface area (Å²) in [4.78, 5) is 4.29. The number of halogens is 1. The Labute approximate surface area is 176 Å². The number of thiophene rings is 1. The molecule has 0 amide bonds. The second-order valence-electron chi connectivity index (χ2n) is 7.07. The third-order valence-corrected chi connectivity index (χ3v) is 8.33. The summed E-state index contributed by atoms with van der Waals surface area (Å²) in [5.74, 6) is 0.0202. The predicted molar refractivity (Wildman–Crippen MR) is 112 cm³/mol. The molecule has 0 radical (unpaired) electrons. The quantitative estimate of drug-likeness (QED) is 0.457. The van der Waals surface area contributed by atoms with E-state index in [0.29, 0.717) is 23.2 Å². The van der Waals surface area contributed by atoms with Crippen molar-refractivity contribution in [2.75, 3.05) is 4.31 Å². The van der Waals surface area contributed by atoms with Gasteiger partial charge in [-0.25, -0.2) is 12.8 Å². The van der Waals surface area contributed by atoms with Gasteiger partial charge in [-0.15, -0.1) is 11.3 Å². The number of aromatic nitrogens is 2. The number of sulfonamides is 1. The van der Waals surface area contributed by atoms with Crippen LogP contribution in [0, 0.1) is 5.82 Å². The van der Waals surface area contributed by atoms with E-state index >= 15 is 0 Å². The Balaban J connectivity index is 1.48. The van der Waals surface area contributed by atoms with Crippen molar-refractivity contribution in [3.8, 4) is 22.8 Å². The van der Waals surface area contributed by atoms with E-state index in [2.05, 4.69) is 10.1 Å². The van der Waals surface area contributed by atoms with E-state index in [4.69, 9.17) is 4.52 Å². The van der Waals surface area contributed by atoms with E-state index in [0.717, 1.165) is 16.9 Å². The number of anilines is 1. The highest BCUT2D eigenvalue weighted by Crippen LogP contribution is 2.39. The largest absolute Gasteiger partial charge is 0.334 e. The van der Waals surface area contributed by atoms with Gasteiger partial charge in [0.1, 0.15) is 10.0 Å². The number of para-hydroxylation sites is 1. The zero-order valence-corrected chi connectivity index (χ0v) is 17.5. The lowest BCUT2D eigenvalue weighted by molar-refractivity contribution is 0.432. The summed E-state index contributed by atoms with van der Waals surface area (Å²) in [7, 11) is -3.73. The molecule has 2 aromatic heterocycles. The molecule has 1 aliphatic rings. The molecular weight excluding hydrogens is 425 g/mol. The molecule has 0 unspecified atom stereocenters. The van der Waals surface area contributed by atoms with Gasteiger partial charge in [-0.1, -0.05) is 35.5 Å². The Bertz CT molecular complexity index is 1350. The SMILES string of the molecule is C[C@H]1Cc2ccccc2N1S(=O)(=O)c1cc(-c2nc(-c3cccc(F)c3)no2)cs1. The molecule has 0 saturated heterocycles. The molecule has 0 aliphatic carbocycles. The molecule has 0 fully saturated rings. The predicted octanol–water partition coefficient (Wildman–Crippen LogP) is 4.74. The zero-order chi connectivity index (χ0) is 20.9. The lowest BCUT2D eigenvalue weighted by Gasteiger charge is -2.23. The lowest BCUT2D eigenvalue weighted by atomic mass is 10.1. The monoisotopic (exact) mass is 441 g/mol. The summed E-state index contributed by atoms with van der Waals surface area (Å²) in [5.41, 5.74) is 2.72. The highest BCUT2D eigenvalue weighted by atomic mass is 32.2. The Morgan fingerprint density at radius 2 is 1.97 bits per heavy atom. The summed E-state index contributed by atoms with van der Waals surface area (Å²) in [6.45, 7) is 1.90. The van der Waals surface area contributed by atoms with Gasteiger partial charge >= 0.3 is 0 Å². The Kier molecular flexibility index (Phi) is 4.44. The van der Waals surface area contributed by atoms with Crippen LogP contribution < -0.4 is 4.31 Å². The van der Waals surface area contributed by atoms with Crippen molar-refractivity contribution < 1.29 is 17.3 Å². The second-order valence-corrected chi connectivity index (χ2v) is 10.0. The minimum Gasteiger partial charge on any atom is -0.334 e. The number of nitrogens with zero attached hydrogens (tertiary/aromatic N) is 3. The van der Waals surface area contributed by atoms with E-state index in [1.54, 1.807) is 17.5 Å². The number of hydrogen-bond donors (Lipinski definition) is 0. The van der Waals surface area contributed by atoms with Gasteiger partial charge in [-0.3, -0.25) is 4.31 Å². The van der Waals surface area contributed by atoms with Crippen molar-refractivity contribution in [1.82, 2.24) is 10.1 Å². The summed E-state index contributed by atoms with van der Waals surface area (Å²) in [6, 6.07) is 14.8. The molecule has 152 valence electrons. The molecular formula is C21H16FN3O3S2. The fraction of sp³-hybridized carbons (Fsp3) is 0.143. The van der Waals surface area contributed by atoms with Gasteiger partial charge in [0.2, 0.25) is 5.82 Å². The van der Waals surface area contributed by atoms with Crippen LogP contribution in [0.15, 0.2) is 68.7 Å². The van der Waals surface area contributed by atoms with E-state index in [1.165, 1.54) is 22.5 Å². The van der Waals surface area contributed by atoms with Crippen molar-refractivity contribution >= 4 is 27.0 Å². The highest BCUT2D eigenvalue weighted by Gasteiger charge is 2.36. The summed E-state index contributed by atoms with van der Waals surface area (Å²) < 4.78 is 47.1. The Morgan fingerprint density at radius 1 is 1.13 bits per heavy atom. The van der Waals surface area contributed by atoms with Crippen LogP contribution in [0.2, 0.25) is 0 Å². The average Bonchev–Trinajstić information content (AvgIpc) is 3.45. The van der Waals surface area contributed by atoms with Gasteiger partial charge in [0.25, 0.3) is 15.9 Å². The molecule has 1 aliphatic heterocycles. The van der Waals surface area contributed by atoms with Crippen LogP contribution in [-0.4, -0.2) is 24.6 Å². The normalized spacial score (nSPS) is 16.1. The maximum absolute atomic E-state index is 13.4. The molecule has 5 rings (SSSR count). The second kappa shape index (κ2) is 7.03. The number of benzene rings is 2. The maximum Gasteiger partial charge on any atom is 0.274 e. The fourth-order valence-corrected chi connectivity index (χ4v) is 6.58. The summed E-state index contributed by atoms with van der Waals surface area (Å²) >= 11 is 1.10. The number of hydrogen-bond acceptors (Lipinski definition) is 6. The van der Waals surface area contributed by atoms with Gasteiger partial charge < -0.3 is 4.52 Å². The number of fused-ring (bicyclic) bond motifs is 1. The summed E-state index contributed by atoms with van der Waals surface area (Å²) in [5, 5.41) is 5.56. The molecule has 9 heteroatoms. The van der Waals surface area contributed by atoms with Crippen molar-refractivity contribution in [2.24, 2.45) is 0 Å². The maximum atomic E-state index is 13.4. The minimum atomic E-state index is -3.73. The van der Waals surface area contributed by atoms with E-state index in [-0.39, 0.29) is 22.0 Å². The average molecular weight is 442 g/mol. The third-order valence-electron chi connectivity index (χ3n) is 4.99. The molecule has 3 heterocycles. The molecule has 0 bridgehead atoms. The first-order chi connectivity index (χ1) is 14.4. The van der Waals surface area contributed by atoms with E-state index in [1.807, 2.05) is 31.2 Å². The topological polar surface area (TPSA) is 76.3 Å². The van der Waals surface area contributed by atoms with Crippen LogP contribution in [0.4, 0.5) is 10.1 Å². The molecule has 0 N–H and O–H groups in total. The van der Waals surface area contributed by atoms with Crippen LogP contribution >= 0.6 is 11.3 Å².